The lowest BCUT2D eigenvalue weighted by atomic mass is 10.0. The normalized spacial score (nSPS) is 11.2. The van der Waals surface area contributed by atoms with Crippen LogP contribution in [0.2, 0.25) is 0 Å². The molecule has 0 amide bonds. The van der Waals surface area contributed by atoms with E-state index in [9.17, 15) is 0 Å². The third-order valence-corrected chi connectivity index (χ3v) is 19.2. The van der Waals surface area contributed by atoms with Crippen LogP contribution in [-0.4, -0.2) is 8.07 Å². The van der Waals surface area contributed by atoms with Crippen LogP contribution < -0.4 is 35.4 Å². The second-order valence-electron chi connectivity index (χ2n) is 18.9. The monoisotopic (exact) mass is 989 g/mol. The van der Waals surface area contributed by atoms with Crippen LogP contribution in [0.15, 0.2) is 334 Å². The summed E-state index contributed by atoms with van der Waals surface area (Å²) in [5.41, 5.74) is 14.5. The fourth-order valence-electron chi connectivity index (χ4n) is 10.8. The van der Waals surface area contributed by atoms with Crippen LogP contribution in [-0.2, 0) is 0 Å². The van der Waals surface area contributed by atoms with Crippen molar-refractivity contribution < 1.29 is 0 Å². The summed E-state index contributed by atoms with van der Waals surface area (Å²) >= 11 is 0. The molecule has 0 saturated heterocycles. The maximum atomic E-state index is 2.38. The van der Waals surface area contributed by atoms with Crippen molar-refractivity contribution in [1.82, 2.24) is 0 Å². The zero-order chi connectivity index (χ0) is 50.9. The average Bonchev–Trinajstić information content (AvgIpc) is 3.55. The van der Waals surface area contributed by atoms with Crippen molar-refractivity contribution in [3.63, 3.8) is 0 Å². The minimum atomic E-state index is -2.73. The Morgan fingerprint density at radius 1 is 0.145 bits per heavy atom. The summed E-state index contributed by atoms with van der Waals surface area (Å²) in [6.07, 6.45) is 0. The van der Waals surface area contributed by atoms with Crippen LogP contribution in [0, 0.1) is 0 Å². The summed E-state index contributed by atoms with van der Waals surface area (Å²) in [5.74, 6) is 0. The Hall–Kier alpha value is -9.74. The van der Waals surface area contributed by atoms with Gasteiger partial charge in [0.1, 0.15) is 0 Å². The molecule has 0 atom stereocenters. The molecule has 0 fully saturated rings. The smallest absolute Gasteiger partial charge is 0.179 e. The van der Waals surface area contributed by atoms with Crippen LogP contribution in [0.5, 0.6) is 0 Å². The quantitative estimate of drug-likeness (QED) is 0.0749. The molecule has 0 aliphatic heterocycles. The Morgan fingerprint density at radius 2 is 0.303 bits per heavy atom. The van der Waals surface area contributed by atoms with Crippen molar-refractivity contribution in [3.05, 3.63) is 334 Å². The molecule has 4 heteroatoms. The SMILES string of the molecule is c1ccc(N(c2ccccc2)c2ccc(-c3ccc(N(c4ccc(-c5ccc(N(c6ccccc6)c6ccccc6)cc5)cc4)c4ccc([Si](c5ccccc5)(c5ccccc5)c5ccccc5)cc4)cc3)cc2)cc1. The molecule has 76 heavy (non-hydrogen) atoms. The number of nitrogens with zero attached hydrogens (tertiary/aromatic N) is 3. The molecule has 0 unspecified atom stereocenters. The predicted octanol–water partition coefficient (Wildman–Crippen LogP) is 16.8. The van der Waals surface area contributed by atoms with E-state index in [1.165, 1.54) is 20.7 Å². The van der Waals surface area contributed by atoms with Crippen molar-refractivity contribution in [1.29, 1.82) is 0 Å². The first kappa shape index (κ1) is 47.3. The van der Waals surface area contributed by atoms with Gasteiger partial charge in [0.2, 0.25) is 0 Å². The maximum Gasteiger partial charge on any atom is 0.179 e. The van der Waals surface area contributed by atoms with Gasteiger partial charge in [-0.2, -0.15) is 0 Å². The molecular formula is C72H55N3Si. The second kappa shape index (κ2) is 21.8. The summed E-state index contributed by atoms with van der Waals surface area (Å²) < 4.78 is 0. The maximum absolute atomic E-state index is 2.73. The van der Waals surface area contributed by atoms with E-state index >= 15 is 0 Å². The van der Waals surface area contributed by atoms with Crippen LogP contribution in [0.25, 0.3) is 22.3 Å². The van der Waals surface area contributed by atoms with E-state index < -0.39 is 8.07 Å². The first-order chi connectivity index (χ1) is 37.7. The molecule has 0 N–H and O–H groups in total. The molecule has 0 spiro atoms. The highest BCUT2D eigenvalue weighted by molar-refractivity contribution is 7.19. The van der Waals surface area contributed by atoms with Gasteiger partial charge < -0.3 is 14.7 Å². The number of benzene rings is 12. The van der Waals surface area contributed by atoms with Crippen molar-refractivity contribution in [2.24, 2.45) is 0 Å². The number of anilines is 9. The molecular weight excluding hydrogens is 935 g/mol. The number of hydrogen-bond donors (Lipinski definition) is 0. The van der Waals surface area contributed by atoms with Gasteiger partial charge in [0.15, 0.2) is 8.07 Å². The highest BCUT2D eigenvalue weighted by atomic mass is 28.3. The van der Waals surface area contributed by atoms with E-state index in [1.54, 1.807) is 0 Å². The van der Waals surface area contributed by atoms with Gasteiger partial charge in [-0.25, -0.2) is 0 Å². The molecule has 0 heterocycles. The van der Waals surface area contributed by atoms with Crippen LogP contribution in [0.1, 0.15) is 0 Å². The van der Waals surface area contributed by atoms with Gasteiger partial charge in [0.05, 0.1) is 0 Å². The summed E-state index contributed by atoms with van der Waals surface area (Å²) in [6.45, 7) is 0. The Kier molecular flexibility index (Phi) is 13.5. The fraction of sp³-hybridized carbons (Fsp3) is 0. The largest absolute Gasteiger partial charge is 0.311 e. The van der Waals surface area contributed by atoms with E-state index in [2.05, 4.69) is 348 Å². The summed E-state index contributed by atoms with van der Waals surface area (Å²) in [5, 5.41) is 5.38. The molecule has 3 nitrogen and oxygen atoms in total. The number of para-hydroxylation sites is 4. The van der Waals surface area contributed by atoms with Crippen molar-refractivity contribution in [2.75, 3.05) is 14.7 Å². The molecule has 12 aromatic carbocycles. The molecule has 0 radical (unpaired) electrons. The van der Waals surface area contributed by atoms with Gasteiger partial charge in [-0.15, -0.1) is 0 Å². The van der Waals surface area contributed by atoms with Crippen LogP contribution in [0.4, 0.5) is 51.2 Å². The van der Waals surface area contributed by atoms with E-state index in [-0.39, 0.29) is 0 Å². The predicted molar refractivity (Wildman–Crippen MR) is 325 cm³/mol. The minimum Gasteiger partial charge on any atom is -0.311 e. The van der Waals surface area contributed by atoms with E-state index in [0.717, 1.165) is 73.4 Å². The van der Waals surface area contributed by atoms with Crippen LogP contribution >= 0.6 is 0 Å². The van der Waals surface area contributed by atoms with Gasteiger partial charge in [0, 0.05) is 51.2 Å². The molecule has 0 aromatic heterocycles. The molecule has 12 aromatic rings. The number of rotatable bonds is 15. The van der Waals surface area contributed by atoms with E-state index in [4.69, 9.17) is 0 Å². The third-order valence-electron chi connectivity index (χ3n) is 14.4. The fourth-order valence-corrected chi connectivity index (χ4v) is 15.5. The lowest BCUT2D eigenvalue weighted by molar-refractivity contribution is 1.28. The van der Waals surface area contributed by atoms with Crippen molar-refractivity contribution >= 4 is 80.0 Å². The van der Waals surface area contributed by atoms with Crippen molar-refractivity contribution in [2.45, 2.75) is 0 Å². The van der Waals surface area contributed by atoms with Crippen LogP contribution in [0.3, 0.4) is 0 Å². The topological polar surface area (TPSA) is 9.72 Å². The third kappa shape index (κ3) is 9.53. The molecule has 12 rings (SSSR count). The molecule has 0 saturated carbocycles. The zero-order valence-electron chi connectivity index (χ0n) is 42.1. The molecule has 0 aliphatic carbocycles. The molecule has 0 bridgehead atoms. The Labute approximate surface area is 448 Å². The van der Waals surface area contributed by atoms with Gasteiger partial charge in [-0.05, 0) is 152 Å². The minimum absolute atomic E-state index is 1.07. The summed E-state index contributed by atoms with van der Waals surface area (Å²) in [7, 11) is -2.73. The number of hydrogen-bond acceptors (Lipinski definition) is 3. The van der Waals surface area contributed by atoms with Gasteiger partial charge in [0.25, 0.3) is 0 Å². The molecule has 0 aliphatic rings. The highest BCUT2D eigenvalue weighted by Gasteiger charge is 2.41. The Bertz CT molecular complexity index is 3390. The summed E-state index contributed by atoms with van der Waals surface area (Å²) in [4.78, 5) is 6.98. The lowest BCUT2D eigenvalue weighted by Gasteiger charge is -2.35. The van der Waals surface area contributed by atoms with Crippen molar-refractivity contribution in [3.8, 4) is 22.3 Å². The van der Waals surface area contributed by atoms with Gasteiger partial charge in [-0.1, -0.05) is 224 Å². The van der Waals surface area contributed by atoms with E-state index in [1.807, 2.05) is 0 Å². The van der Waals surface area contributed by atoms with Gasteiger partial charge >= 0.3 is 0 Å². The highest BCUT2D eigenvalue weighted by Crippen LogP contribution is 2.40. The first-order valence-electron chi connectivity index (χ1n) is 26.0. The van der Waals surface area contributed by atoms with Gasteiger partial charge in [-0.3, -0.25) is 0 Å². The average molecular weight is 990 g/mol. The zero-order valence-corrected chi connectivity index (χ0v) is 43.1. The summed E-state index contributed by atoms with van der Waals surface area (Å²) in [6, 6.07) is 121. The standard InChI is InChI=1S/C72H55N3Si/c1-8-22-60(23-9-1)73(61-24-10-2-11-25-61)64-44-36-56(37-45-64)58-40-48-66(49-41-58)75(67-50-42-59(43-51-67)57-38-46-65(47-39-57)74(62-26-12-3-13-27-62)63-28-14-4-15-29-63)68-52-54-72(55-53-68)76(69-30-16-5-17-31-69,70-32-18-6-19-33-70)71-34-20-7-21-35-71/h1-55H. The Balaban J connectivity index is 0.911. The first-order valence-corrected chi connectivity index (χ1v) is 28.0. The molecule has 362 valence electrons. The van der Waals surface area contributed by atoms with E-state index in [0.29, 0.717) is 0 Å². The lowest BCUT2D eigenvalue weighted by Crippen LogP contribution is -2.74. The second-order valence-corrected chi connectivity index (χ2v) is 22.7. The Morgan fingerprint density at radius 3 is 0.513 bits per heavy atom.